The van der Waals surface area contributed by atoms with Gasteiger partial charge in [0.1, 0.15) is 13.2 Å². The van der Waals surface area contributed by atoms with Gasteiger partial charge in [0, 0.05) is 12.0 Å². The van der Waals surface area contributed by atoms with Crippen LogP contribution in [0.15, 0.2) is 16.7 Å². The molecule has 1 aromatic carbocycles. The number of aryl methyl sites for hydroxylation is 1. The Bertz CT molecular complexity index is 685. The first-order chi connectivity index (χ1) is 10.1. The molecule has 1 aromatic heterocycles. The molecule has 0 saturated carbocycles. The van der Waals surface area contributed by atoms with Gasteiger partial charge in [0.15, 0.2) is 11.5 Å². The van der Waals surface area contributed by atoms with Gasteiger partial charge in [-0.15, -0.1) is 0 Å². The summed E-state index contributed by atoms with van der Waals surface area (Å²) in [6, 6.07) is 3.37. The first-order valence-corrected chi connectivity index (χ1v) is 6.65. The fraction of sp³-hybridized carbons (Fsp3) is 0.308. The number of hydrogen-bond donors (Lipinski definition) is 1. The highest BCUT2D eigenvalue weighted by molar-refractivity contribution is 6.32. The second kappa shape index (κ2) is 5.61. The van der Waals surface area contributed by atoms with Gasteiger partial charge in [-0.3, -0.25) is 4.79 Å². The number of hydrogen-bond acceptors (Lipinski definition) is 6. The van der Waals surface area contributed by atoms with Crippen molar-refractivity contribution in [2.24, 2.45) is 0 Å². The number of ether oxygens (including phenoxy) is 2. The minimum absolute atomic E-state index is 0.0659. The standard InChI is InChI=1S/C13H11ClN2O5/c14-8-5-7(6-9-12(8)20-4-3-19-9)13-15-10(21-16-13)1-2-11(17)18/h5-6H,1-4H2,(H,17,18). The summed E-state index contributed by atoms with van der Waals surface area (Å²) < 4.78 is 15.9. The third-order valence-corrected chi connectivity index (χ3v) is 3.16. The zero-order valence-corrected chi connectivity index (χ0v) is 11.6. The van der Waals surface area contributed by atoms with Crippen LogP contribution in [0.4, 0.5) is 0 Å². The fourth-order valence-electron chi connectivity index (χ4n) is 1.93. The number of carboxylic acids is 1. The molecule has 110 valence electrons. The van der Waals surface area contributed by atoms with E-state index in [2.05, 4.69) is 10.1 Å². The van der Waals surface area contributed by atoms with Crippen molar-refractivity contribution in [2.75, 3.05) is 13.2 Å². The molecule has 0 radical (unpaired) electrons. The lowest BCUT2D eigenvalue weighted by atomic mass is 10.2. The molecule has 0 bridgehead atoms. The highest BCUT2D eigenvalue weighted by Gasteiger charge is 2.19. The Morgan fingerprint density at radius 2 is 2.14 bits per heavy atom. The average Bonchev–Trinajstić information content (AvgIpc) is 2.94. The van der Waals surface area contributed by atoms with Crippen LogP contribution in [0.5, 0.6) is 11.5 Å². The van der Waals surface area contributed by atoms with E-state index < -0.39 is 5.97 Å². The molecule has 1 aliphatic rings. The zero-order valence-electron chi connectivity index (χ0n) is 10.8. The van der Waals surface area contributed by atoms with Gasteiger partial charge in [-0.05, 0) is 12.1 Å². The van der Waals surface area contributed by atoms with Crippen molar-refractivity contribution >= 4 is 17.6 Å². The number of rotatable bonds is 4. The summed E-state index contributed by atoms with van der Waals surface area (Å²) in [6.07, 6.45) is 0.115. The second-order valence-electron chi connectivity index (χ2n) is 4.39. The van der Waals surface area contributed by atoms with E-state index in [1.165, 1.54) is 0 Å². The summed E-state index contributed by atoms with van der Waals surface area (Å²) in [7, 11) is 0. The molecular formula is C13H11ClN2O5. The lowest BCUT2D eigenvalue weighted by molar-refractivity contribution is -0.137. The van der Waals surface area contributed by atoms with Crippen molar-refractivity contribution in [1.29, 1.82) is 0 Å². The Morgan fingerprint density at radius 3 is 2.95 bits per heavy atom. The Labute approximate surface area is 124 Å². The van der Waals surface area contributed by atoms with E-state index in [-0.39, 0.29) is 18.7 Å². The van der Waals surface area contributed by atoms with Crippen LogP contribution in [0.25, 0.3) is 11.4 Å². The van der Waals surface area contributed by atoms with Crippen LogP contribution in [0, 0.1) is 0 Å². The van der Waals surface area contributed by atoms with Gasteiger partial charge < -0.3 is 19.1 Å². The molecule has 7 nitrogen and oxygen atoms in total. The van der Waals surface area contributed by atoms with Crippen LogP contribution < -0.4 is 9.47 Å². The molecule has 1 aliphatic heterocycles. The van der Waals surface area contributed by atoms with Gasteiger partial charge in [-0.25, -0.2) is 0 Å². The molecule has 0 fully saturated rings. The number of halogens is 1. The lowest BCUT2D eigenvalue weighted by Crippen LogP contribution is -2.15. The smallest absolute Gasteiger partial charge is 0.303 e. The van der Waals surface area contributed by atoms with Gasteiger partial charge >= 0.3 is 5.97 Å². The maximum atomic E-state index is 10.5. The maximum absolute atomic E-state index is 10.5. The van der Waals surface area contributed by atoms with Crippen molar-refractivity contribution in [3.63, 3.8) is 0 Å². The van der Waals surface area contributed by atoms with Crippen molar-refractivity contribution < 1.29 is 23.9 Å². The molecule has 2 aromatic rings. The number of benzene rings is 1. The van der Waals surface area contributed by atoms with Crippen LogP contribution in [0.1, 0.15) is 12.3 Å². The fourth-order valence-corrected chi connectivity index (χ4v) is 2.19. The molecule has 8 heteroatoms. The molecule has 0 atom stereocenters. The average molecular weight is 311 g/mol. The number of aromatic nitrogens is 2. The van der Waals surface area contributed by atoms with Gasteiger partial charge in [0.25, 0.3) is 0 Å². The normalized spacial score (nSPS) is 13.2. The summed E-state index contributed by atoms with van der Waals surface area (Å²) in [5, 5.41) is 12.9. The molecule has 0 aliphatic carbocycles. The predicted molar refractivity (Wildman–Crippen MR) is 71.7 cm³/mol. The van der Waals surface area contributed by atoms with Crippen LogP contribution >= 0.6 is 11.6 Å². The van der Waals surface area contributed by atoms with E-state index >= 15 is 0 Å². The van der Waals surface area contributed by atoms with Gasteiger partial charge in [0.05, 0.1) is 11.4 Å². The van der Waals surface area contributed by atoms with Crippen LogP contribution in [0.2, 0.25) is 5.02 Å². The topological polar surface area (TPSA) is 94.7 Å². The van der Waals surface area contributed by atoms with Crippen molar-refractivity contribution in [2.45, 2.75) is 12.8 Å². The summed E-state index contributed by atoms with van der Waals surface area (Å²) >= 11 is 6.14. The summed E-state index contributed by atoms with van der Waals surface area (Å²) in [5.41, 5.74) is 0.620. The molecule has 2 heterocycles. The highest BCUT2D eigenvalue weighted by atomic mass is 35.5. The summed E-state index contributed by atoms with van der Waals surface area (Å²) in [6.45, 7) is 0.899. The van der Waals surface area contributed by atoms with E-state index in [0.29, 0.717) is 41.1 Å². The third-order valence-electron chi connectivity index (χ3n) is 2.88. The maximum Gasteiger partial charge on any atom is 0.303 e. The van der Waals surface area contributed by atoms with Crippen LogP contribution in [-0.4, -0.2) is 34.4 Å². The number of fused-ring (bicyclic) bond motifs is 1. The predicted octanol–water partition coefficient (Wildman–Crippen LogP) is 2.18. The Morgan fingerprint density at radius 1 is 1.33 bits per heavy atom. The lowest BCUT2D eigenvalue weighted by Gasteiger charge is -2.19. The molecule has 0 amide bonds. The number of carboxylic acid groups (broad SMARTS) is 1. The molecule has 3 rings (SSSR count). The SMILES string of the molecule is O=C(O)CCc1nc(-c2cc(Cl)c3c(c2)OCCO3)no1. The Kier molecular flexibility index (Phi) is 3.66. The second-order valence-corrected chi connectivity index (χ2v) is 4.79. The zero-order chi connectivity index (χ0) is 14.8. The van der Waals surface area contributed by atoms with Crippen LogP contribution in [0.3, 0.4) is 0 Å². The van der Waals surface area contributed by atoms with Crippen molar-refractivity contribution in [1.82, 2.24) is 10.1 Å². The summed E-state index contributed by atoms with van der Waals surface area (Å²) in [4.78, 5) is 14.7. The first kappa shape index (κ1) is 13.7. The molecule has 0 spiro atoms. The van der Waals surface area contributed by atoms with E-state index in [1.807, 2.05) is 0 Å². The van der Waals surface area contributed by atoms with E-state index in [9.17, 15) is 4.79 Å². The molecule has 0 unspecified atom stereocenters. The van der Waals surface area contributed by atoms with Crippen LogP contribution in [-0.2, 0) is 11.2 Å². The minimum atomic E-state index is -0.919. The van der Waals surface area contributed by atoms with E-state index in [4.69, 9.17) is 30.7 Å². The highest BCUT2D eigenvalue weighted by Crippen LogP contribution is 2.40. The molecule has 1 N–H and O–H groups in total. The van der Waals surface area contributed by atoms with Gasteiger partial charge in [-0.2, -0.15) is 4.98 Å². The Hall–Kier alpha value is -2.28. The van der Waals surface area contributed by atoms with Gasteiger partial charge in [0.2, 0.25) is 11.7 Å². The number of nitrogens with zero attached hydrogens (tertiary/aromatic N) is 2. The quantitative estimate of drug-likeness (QED) is 0.924. The summed E-state index contributed by atoms with van der Waals surface area (Å²) in [5.74, 6) is 0.701. The number of aliphatic carboxylic acids is 1. The molecule has 21 heavy (non-hydrogen) atoms. The number of carbonyl (C=O) groups is 1. The monoisotopic (exact) mass is 310 g/mol. The molecule has 0 saturated heterocycles. The minimum Gasteiger partial charge on any atom is -0.486 e. The van der Waals surface area contributed by atoms with E-state index in [1.54, 1.807) is 12.1 Å². The largest absolute Gasteiger partial charge is 0.486 e. The van der Waals surface area contributed by atoms with E-state index in [0.717, 1.165) is 0 Å². The van der Waals surface area contributed by atoms with Crippen molar-refractivity contribution in [3.8, 4) is 22.9 Å². The Balaban J connectivity index is 1.87. The van der Waals surface area contributed by atoms with Crippen molar-refractivity contribution in [3.05, 3.63) is 23.0 Å². The molecular weight excluding hydrogens is 300 g/mol. The first-order valence-electron chi connectivity index (χ1n) is 6.27. The third kappa shape index (κ3) is 2.92. The van der Waals surface area contributed by atoms with Gasteiger partial charge in [-0.1, -0.05) is 16.8 Å².